The van der Waals surface area contributed by atoms with E-state index in [9.17, 15) is 14.7 Å². The molecule has 1 aliphatic carbocycles. The summed E-state index contributed by atoms with van der Waals surface area (Å²) < 4.78 is 16.3. The number of aromatic hydroxyl groups is 1. The van der Waals surface area contributed by atoms with E-state index < -0.39 is 0 Å². The minimum atomic E-state index is -0.308. The van der Waals surface area contributed by atoms with Gasteiger partial charge in [0.05, 0.1) is 21.3 Å². The number of ketones is 1. The van der Waals surface area contributed by atoms with Gasteiger partial charge in [-0.2, -0.15) is 0 Å². The molecule has 0 saturated carbocycles. The second-order valence-corrected chi connectivity index (χ2v) is 7.78. The van der Waals surface area contributed by atoms with Gasteiger partial charge in [-0.15, -0.1) is 0 Å². The van der Waals surface area contributed by atoms with Crippen molar-refractivity contribution in [2.24, 2.45) is 0 Å². The number of ether oxygens (including phenoxy) is 3. The van der Waals surface area contributed by atoms with Gasteiger partial charge in [-0.1, -0.05) is 12.1 Å². The summed E-state index contributed by atoms with van der Waals surface area (Å²) in [6, 6.07) is 10.4. The molecule has 1 amide bonds. The molecular weight excluding hydrogens is 398 g/mol. The fraction of sp³-hybridized carbons (Fsp3) is 0.333. The third kappa shape index (κ3) is 3.83. The van der Waals surface area contributed by atoms with Crippen molar-refractivity contribution in [3.8, 4) is 23.0 Å². The van der Waals surface area contributed by atoms with Crippen LogP contribution < -0.4 is 19.5 Å². The van der Waals surface area contributed by atoms with Crippen LogP contribution in [0.1, 0.15) is 42.2 Å². The third-order valence-corrected chi connectivity index (χ3v) is 5.99. The van der Waals surface area contributed by atoms with Crippen molar-refractivity contribution < 1.29 is 28.9 Å². The van der Waals surface area contributed by atoms with E-state index in [4.69, 9.17) is 14.2 Å². The van der Waals surface area contributed by atoms with Gasteiger partial charge in [0, 0.05) is 30.0 Å². The Kier molecular flexibility index (Phi) is 5.59. The van der Waals surface area contributed by atoms with Crippen LogP contribution in [0.4, 0.5) is 0 Å². The monoisotopic (exact) mass is 423 g/mol. The lowest BCUT2D eigenvalue weighted by molar-refractivity contribution is -0.122. The van der Waals surface area contributed by atoms with Crippen molar-refractivity contribution in [3.05, 3.63) is 58.8 Å². The topological polar surface area (TPSA) is 94.1 Å². The van der Waals surface area contributed by atoms with Crippen molar-refractivity contribution in [2.45, 2.75) is 31.1 Å². The molecular formula is C24H25NO6. The molecule has 31 heavy (non-hydrogen) atoms. The molecule has 1 aliphatic heterocycles. The number of allylic oxidation sites excluding steroid dienone is 2. The lowest BCUT2D eigenvalue weighted by Crippen LogP contribution is -2.38. The van der Waals surface area contributed by atoms with Crippen LogP contribution in [0.2, 0.25) is 0 Å². The Bertz CT molecular complexity index is 1030. The highest BCUT2D eigenvalue weighted by Gasteiger charge is 2.38. The van der Waals surface area contributed by atoms with Gasteiger partial charge in [-0.25, -0.2) is 0 Å². The maximum absolute atomic E-state index is 13.3. The number of carbonyl (C=O) groups is 2. The van der Waals surface area contributed by atoms with Gasteiger partial charge in [0.2, 0.25) is 11.7 Å². The highest BCUT2D eigenvalue weighted by Crippen LogP contribution is 2.46. The zero-order valence-corrected chi connectivity index (χ0v) is 17.7. The molecule has 1 heterocycles. The smallest absolute Gasteiger partial charge is 0.225 e. The van der Waals surface area contributed by atoms with E-state index in [2.05, 4.69) is 5.32 Å². The zero-order chi connectivity index (χ0) is 22.1. The van der Waals surface area contributed by atoms with Gasteiger partial charge in [0.15, 0.2) is 17.3 Å². The van der Waals surface area contributed by atoms with Crippen LogP contribution >= 0.6 is 0 Å². The Morgan fingerprint density at radius 3 is 2.10 bits per heavy atom. The summed E-state index contributed by atoms with van der Waals surface area (Å²) in [5, 5.41) is 12.5. The molecule has 2 aliphatic rings. The van der Waals surface area contributed by atoms with E-state index in [1.165, 1.54) is 0 Å². The van der Waals surface area contributed by atoms with E-state index in [1.807, 2.05) is 12.1 Å². The van der Waals surface area contributed by atoms with E-state index in [1.54, 1.807) is 45.6 Å². The summed E-state index contributed by atoms with van der Waals surface area (Å²) in [4.78, 5) is 25.7. The fourth-order valence-electron chi connectivity index (χ4n) is 4.52. The van der Waals surface area contributed by atoms with Crippen LogP contribution in [0, 0.1) is 0 Å². The van der Waals surface area contributed by atoms with E-state index in [-0.39, 0.29) is 35.7 Å². The standard InChI is InChI=1S/C24H25NO6/c1-29-20-10-15(11-21(30-2)24(20)31-3)14-8-18-23(19(27)9-14)17(12-22(28)25-18)13-4-6-16(26)7-5-13/h4-7,10-11,14,17,26H,8-9,12H2,1-3H3,(H,25,28). The molecule has 2 aromatic carbocycles. The quantitative estimate of drug-likeness (QED) is 0.765. The average Bonchev–Trinajstić information content (AvgIpc) is 2.77. The molecule has 7 nitrogen and oxygen atoms in total. The van der Waals surface area contributed by atoms with Gasteiger partial charge in [0.25, 0.3) is 0 Å². The molecule has 2 N–H and O–H groups in total. The van der Waals surface area contributed by atoms with Crippen LogP contribution in [0.5, 0.6) is 23.0 Å². The molecule has 0 aromatic heterocycles. The second kappa shape index (κ2) is 8.34. The van der Waals surface area contributed by atoms with Crippen molar-refractivity contribution in [1.82, 2.24) is 5.32 Å². The van der Waals surface area contributed by atoms with Crippen LogP contribution in [-0.2, 0) is 9.59 Å². The molecule has 0 fully saturated rings. The number of methoxy groups -OCH3 is 3. The third-order valence-electron chi connectivity index (χ3n) is 5.99. The van der Waals surface area contributed by atoms with Crippen LogP contribution in [0.3, 0.4) is 0 Å². The molecule has 2 unspecified atom stereocenters. The first-order valence-electron chi connectivity index (χ1n) is 10.1. The SMILES string of the molecule is COc1cc(C2CC(=O)C3=C(C2)NC(=O)CC3c2ccc(O)cc2)cc(OC)c1OC. The number of hydrogen-bond acceptors (Lipinski definition) is 6. The Labute approximate surface area is 180 Å². The number of Topliss-reactive ketones (excluding diaryl/α,β-unsaturated/α-hetero) is 1. The number of phenols is 1. The number of phenolic OH excluding ortho intramolecular Hbond substituents is 1. The summed E-state index contributed by atoms with van der Waals surface area (Å²) in [6.07, 6.45) is 1.06. The molecule has 0 spiro atoms. The predicted octanol–water partition coefficient (Wildman–Crippen LogP) is 3.42. The molecule has 0 bridgehead atoms. The predicted molar refractivity (Wildman–Crippen MR) is 114 cm³/mol. The summed E-state index contributed by atoms with van der Waals surface area (Å²) in [5.41, 5.74) is 3.06. The highest BCUT2D eigenvalue weighted by atomic mass is 16.5. The lowest BCUT2D eigenvalue weighted by Gasteiger charge is -2.34. The Morgan fingerprint density at radius 2 is 1.52 bits per heavy atom. The zero-order valence-electron chi connectivity index (χ0n) is 17.7. The van der Waals surface area contributed by atoms with Crippen molar-refractivity contribution in [3.63, 3.8) is 0 Å². The van der Waals surface area contributed by atoms with Crippen LogP contribution in [-0.4, -0.2) is 38.1 Å². The van der Waals surface area contributed by atoms with E-state index in [0.29, 0.717) is 41.4 Å². The normalized spacial score (nSPS) is 20.7. The molecule has 2 atom stereocenters. The number of benzene rings is 2. The maximum Gasteiger partial charge on any atom is 0.225 e. The van der Waals surface area contributed by atoms with E-state index >= 15 is 0 Å². The summed E-state index contributed by atoms with van der Waals surface area (Å²) in [5.74, 6) is 1.16. The van der Waals surface area contributed by atoms with Gasteiger partial charge in [-0.05, 0) is 47.7 Å². The number of hydrogen-bond donors (Lipinski definition) is 2. The van der Waals surface area contributed by atoms with E-state index in [0.717, 1.165) is 11.1 Å². The fourth-order valence-corrected chi connectivity index (χ4v) is 4.52. The Balaban J connectivity index is 1.72. The average molecular weight is 423 g/mol. The molecule has 0 radical (unpaired) electrons. The Morgan fingerprint density at radius 1 is 0.871 bits per heavy atom. The van der Waals surface area contributed by atoms with Crippen molar-refractivity contribution >= 4 is 11.7 Å². The second-order valence-electron chi connectivity index (χ2n) is 7.78. The summed E-state index contributed by atoms with van der Waals surface area (Å²) in [6.45, 7) is 0. The molecule has 7 heteroatoms. The lowest BCUT2D eigenvalue weighted by atomic mass is 9.73. The van der Waals surface area contributed by atoms with Crippen LogP contribution in [0.15, 0.2) is 47.7 Å². The first-order chi connectivity index (χ1) is 14.9. The van der Waals surface area contributed by atoms with Crippen molar-refractivity contribution in [1.29, 1.82) is 0 Å². The molecule has 2 aromatic rings. The molecule has 0 saturated heterocycles. The van der Waals surface area contributed by atoms with Gasteiger partial charge >= 0.3 is 0 Å². The minimum absolute atomic E-state index is 0.0121. The first kappa shape index (κ1) is 20.8. The molecule has 162 valence electrons. The number of rotatable bonds is 5. The van der Waals surface area contributed by atoms with Gasteiger partial charge in [-0.3, -0.25) is 9.59 Å². The maximum atomic E-state index is 13.3. The summed E-state index contributed by atoms with van der Waals surface area (Å²) >= 11 is 0. The van der Waals surface area contributed by atoms with Gasteiger partial charge in [0.1, 0.15) is 5.75 Å². The number of amides is 1. The summed E-state index contributed by atoms with van der Waals surface area (Å²) in [7, 11) is 4.65. The number of nitrogens with one attached hydrogen (secondary N) is 1. The Hall–Kier alpha value is -3.48. The van der Waals surface area contributed by atoms with Crippen LogP contribution in [0.25, 0.3) is 0 Å². The number of carbonyl (C=O) groups excluding carboxylic acids is 2. The molecule has 4 rings (SSSR count). The minimum Gasteiger partial charge on any atom is -0.508 e. The van der Waals surface area contributed by atoms with Gasteiger partial charge < -0.3 is 24.6 Å². The van der Waals surface area contributed by atoms with Crippen molar-refractivity contribution in [2.75, 3.05) is 21.3 Å². The first-order valence-corrected chi connectivity index (χ1v) is 10.1. The largest absolute Gasteiger partial charge is 0.508 e. The highest BCUT2D eigenvalue weighted by molar-refractivity contribution is 6.02.